The van der Waals surface area contributed by atoms with E-state index in [0.717, 1.165) is 17.6 Å². The van der Waals surface area contributed by atoms with Crippen LogP contribution >= 0.6 is 0 Å². The molecule has 27 heavy (non-hydrogen) atoms. The van der Waals surface area contributed by atoms with Gasteiger partial charge < -0.3 is 0 Å². The first-order chi connectivity index (χ1) is 13.2. The van der Waals surface area contributed by atoms with Gasteiger partial charge in [0.2, 0.25) is 5.95 Å². The molecule has 0 N–H and O–H groups in total. The van der Waals surface area contributed by atoms with Crippen LogP contribution in [0, 0.1) is 5.95 Å². The highest BCUT2D eigenvalue weighted by molar-refractivity contribution is 6.09. The number of halogens is 1. The molecule has 1 aliphatic carbocycles. The van der Waals surface area contributed by atoms with Crippen LogP contribution in [0.15, 0.2) is 36.9 Å². The van der Waals surface area contributed by atoms with Gasteiger partial charge in [0.1, 0.15) is 0 Å². The van der Waals surface area contributed by atoms with Crippen LogP contribution in [0.3, 0.4) is 0 Å². The highest BCUT2D eigenvalue weighted by Crippen LogP contribution is 2.33. The van der Waals surface area contributed by atoms with Crippen molar-refractivity contribution in [1.82, 2.24) is 24.7 Å². The molecule has 1 amide bonds. The zero-order chi connectivity index (χ0) is 18.4. The maximum atomic E-state index is 13.3. The summed E-state index contributed by atoms with van der Waals surface area (Å²) in [6.07, 6.45) is 10.8. The monoisotopic (exact) mass is 364 g/mol. The average molecular weight is 364 g/mol. The molecule has 7 nitrogen and oxygen atoms in total. The van der Waals surface area contributed by atoms with Crippen molar-refractivity contribution < 1.29 is 9.18 Å². The van der Waals surface area contributed by atoms with Gasteiger partial charge in [0, 0.05) is 17.8 Å². The van der Waals surface area contributed by atoms with Gasteiger partial charge in [-0.1, -0.05) is 12.8 Å². The second-order valence-electron chi connectivity index (χ2n) is 6.95. The smallest absolute Gasteiger partial charge is 0.263 e. The highest BCUT2D eigenvalue weighted by Gasteiger charge is 2.33. The SMILES string of the molecule is O=C1c2cn(-c3ccc(C4CCCC4)nc3)nc2CN1c1cncc(F)n1. The first kappa shape index (κ1) is 16.0. The van der Waals surface area contributed by atoms with Gasteiger partial charge in [-0.3, -0.25) is 19.7 Å². The fourth-order valence-electron chi connectivity index (χ4n) is 3.85. The van der Waals surface area contributed by atoms with Gasteiger partial charge in [-0.2, -0.15) is 14.5 Å². The topological polar surface area (TPSA) is 76.8 Å². The summed E-state index contributed by atoms with van der Waals surface area (Å²) in [6, 6.07) is 4.04. The predicted octanol–water partition coefficient (Wildman–Crippen LogP) is 3.01. The first-order valence-electron chi connectivity index (χ1n) is 9.03. The third-order valence-electron chi connectivity index (χ3n) is 5.25. The molecule has 4 heterocycles. The van der Waals surface area contributed by atoms with Crippen LogP contribution in [0.4, 0.5) is 10.2 Å². The molecule has 0 saturated heterocycles. The minimum atomic E-state index is -0.719. The predicted molar refractivity (Wildman–Crippen MR) is 95.1 cm³/mol. The Morgan fingerprint density at radius 3 is 2.67 bits per heavy atom. The number of nitrogens with zero attached hydrogens (tertiary/aromatic N) is 6. The molecule has 2 aliphatic rings. The van der Waals surface area contributed by atoms with Crippen LogP contribution in [-0.4, -0.2) is 30.6 Å². The number of carbonyl (C=O) groups excluding carboxylic acids is 1. The first-order valence-corrected chi connectivity index (χ1v) is 9.03. The number of carbonyl (C=O) groups is 1. The van der Waals surface area contributed by atoms with E-state index in [1.807, 2.05) is 6.07 Å². The highest BCUT2D eigenvalue weighted by atomic mass is 19.1. The zero-order valence-corrected chi connectivity index (χ0v) is 14.5. The minimum Gasteiger partial charge on any atom is -0.285 e. The molecule has 1 fully saturated rings. The summed E-state index contributed by atoms with van der Waals surface area (Å²) in [5, 5.41) is 4.51. The fourth-order valence-corrected chi connectivity index (χ4v) is 3.85. The summed E-state index contributed by atoms with van der Waals surface area (Å²) in [5.41, 5.74) is 3.06. The Bertz CT molecular complexity index is 1010. The van der Waals surface area contributed by atoms with E-state index in [1.165, 1.54) is 36.8 Å². The maximum Gasteiger partial charge on any atom is 0.263 e. The van der Waals surface area contributed by atoms with E-state index in [2.05, 4.69) is 26.1 Å². The molecule has 5 rings (SSSR count). The number of amides is 1. The van der Waals surface area contributed by atoms with Gasteiger partial charge in [0.25, 0.3) is 5.91 Å². The van der Waals surface area contributed by atoms with E-state index < -0.39 is 5.95 Å². The summed E-state index contributed by atoms with van der Waals surface area (Å²) in [6.45, 7) is 0.243. The van der Waals surface area contributed by atoms with Gasteiger partial charge in [-0.05, 0) is 25.0 Å². The molecule has 136 valence electrons. The van der Waals surface area contributed by atoms with Gasteiger partial charge in [-0.25, -0.2) is 4.68 Å². The quantitative estimate of drug-likeness (QED) is 0.714. The number of pyridine rings is 1. The van der Waals surface area contributed by atoms with Crippen LogP contribution in [0.5, 0.6) is 0 Å². The lowest BCUT2D eigenvalue weighted by Crippen LogP contribution is -2.25. The molecule has 1 saturated carbocycles. The number of fused-ring (bicyclic) bond motifs is 1. The molecule has 8 heteroatoms. The van der Waals surface area contributed by atoms with Gasteiger partial charge in [0.05, 0.1) is 42.1 Å². The Balaban J connectivity index is 1.39. The number of rotatable bonds is 3. The van der Waals surface area contributed by atoms with Crippen LogP contribution in [0.25, 0.3) is 5.69 Å². The molecule has 3 aromatic rings. The van der Waals surface area contributed by atoms with Crippen molar-refractivity contribution in [3.63, 3.8) is 0 Å². The van der Waals surface area contributed by atoms with Gasteiger partial charge in [-0.15, -0.1) is 0 Å². The lowest BCUT2D eigenvalue weighted by atomic mass is 10.0. The Morgan fingerprint density at radius 1 is 1.11 bits per heavy atom. The fraction of sp³-hybridized carbons (Fsp3) is 0.316. The lowest BCUT2D eigenvalue weighted by molar-refractivity contribution is 0.0995. The summed E-state index contributed by atoms with van der Waals surface area (Å²) in [7, 11) is 0. The summed E-state index contributed by atoms with van der Waals surface area (Å²) >= 11 is 0. The number of aromatic nitrogens is 5. The number of anilines is 1. The van der Waals surface area contributed by atoms with Crippen molar-refractivity contribution in [2.75, 3.05) is 4.90 Å². The molecule has 0 spiro atoms. The summed E-state index contributed by atoms with van der Waals surface area (Å²) in [5.74, 6) is -0.230. The van der Waals surface area contributed by atoms with E-state index in [-0.39, 0.29) is 18.3 Å². The molecule has 1 aliphatic heterocycles. The third kappa shape index (κ3) is 2.77. The van der Waals surface area contributed by atoms with Crippen molar-refractivity contribution in [3.8, 4) is 5.69 Å². The Hall–Kier alpha value is -3.16. The summed E-state index contributed by atoms with van der Waals surface area (Å²) in [4.78, 5) is 26.1. The third-order valence-corrected chi connectivity index (χ3v) is 5.25. The normalized spacial score (nSPS) is 16.9. The largest absolute Gasteiger partial charge is 0.285 e. The van der Waals surface area contributed by atoms with E-state index in [1.54, 1.807) is 17.1 Å². The summed E-state index contributed by atoms with van der Waals surface area (Å²) < 4.78 is 15.0. The van der Waals surface area contributed by atoms with E-state index >= 15 is 0 Å². The van der Waals surface area contributed by atoms with Crippen LogP contribution in [-0.2, 0) is 6.54 Å². The molecule has 0 bridgehead atoms. The van der Waals surface area contributed by atoms with Crippen molar-refractivity contribution >= 4 is 11.7 Å². The second kappa shape index (κ2) is 6.22. The van der Waals surface area contributed by atoms with Gasteiger partial charge >= 0.3 is 0 Å². The lowest BCUT2D eigenvalue weighted by Gasteiger charge is -2.14. The van der Waals surface area contributed by atoms with Crippen molar-refractivity contribution in [2.24, 2.45) is 0 Å². The van der Waals surface area contributed by atoms with Crippen LogP contribution < -0.4 is 4.90 Å². The Morgan fingerprint density at radius 2 is 1.96 bits per heavy atom. The number of hydrogen-bond acceptors (Lipinski definition) is 5. The second-order valence-corrected chi connectivity index (χ2v) is 6.95. The molecule has 0 aromatic carbocycles. The molecular weight excluding hydrogens is 347 g/mol. The molecular formula is C19H17FN6O. The van der Waals surface area contributed by atoms with Crippen LogP contribution in [0.1, 0.15) is 53.3 Å². The van der Waals surface area contributed by atoms with Crippen molar-refractivity contribution in [2.45, 2.75) is 38.1 Å². The van der Waals surface area contributed by atoms with E-state index in [9.17, 15) is 9.18 Å². The Labute approximate surface area is 154 Å². The zero-order valence-electron chi connectivity index (χ0n) is 14.5. The molecule has 0 radical (unpaired) electrons. The van der Waals surface area contributed by atoms with Crippen molar-refractivity contribution in [3.05, 3.63) is 59.8 Å². The molecule has 0 atom stereocenters. The van der Waals surface area contributed by atoms with Crippen molar-refractivity contribution in [1.29, 1.82) is 0 Å². The van der Waals surface area contributed by atoms with Crippen LogP contribution in [0.2, 0.25) is 0 Å². The van der Waals surface area contributed by atoms with E-state index in [4.69, 9.17) is 0 Å². The molecule has 3 aromatic heterocycles. The average Bonchev–Trinajstić information content (AvgIpc) is 3.40. The number of hydrogen-bond donors (Lipinski definition) is 0. The Kier molecular flexibility index (Phi) is 3.70. The molecule has 0 unspecified atom stereocenters. The van der Waals surface area contributed by atoms with E-state index in [0.29, 0.717) is 17.2 Å². The van der Waals surface area contributed by atoms with Gasteiger partial charge in [0.15, 0.2) is 5.82 Å². The maximum absolute atomic E-state index is 13.3. The standard InChI is InChI=1S/C19H17FN6O/c20-17-8-21-9-18(23-17)25-11-16-14(19(25)27)10-26(24-16)13-5-6-15(22-7-13)12-3-1-2-4-12/h5-10,12H,1-4,11H2. The minimum absolute atomic E-state index is 0.187.